The normalized spacial score (nSPS) is 14.4. The largest absolute Gasteiger partial charge is 0.336 e. The van der Waals surface area contributed by atoms with Crippen molar-refractivity contribution >= 4 is 33.5 Å². The molecule has 0 spiro atoms. The van der Waals surface area contributed by atoms with Crippen LogP contribution in [0.1, 0.15) is 51.6 Å². The van der Waals surface area contributed by atoms with Gasteiger partial charge in [0.15, 0.2) is 5.13 Å². The molecule has 3 heterocycles. The van der Waals surface area contributed by atoms with Crippen molar-refractivity contribution in [2.24, 2.45) is 0 Å². The smallest absolute Gasteiger partial charge is 0.258 e. The van der Waals surface area contributed by atoms with E-state index in [-0.39, 0.29) is 5.91 Å². The molecule has 0 aromatic carbocycles. The summed E-state index contributed by atoms with van der Waals surface area (Å²) in [4.78, 5) is 23.0. The van der Waals surface area contributed by atoms with Crippen LogP contribution in [-0.2, 0) is 12.8 Å². The maximum atomic E-state index is 12.8. The Bertz CT molecular complexity index is 905. The van der Waals surface area contributed by atoms with Crippen LogP contribution in [0.15, 0.2) is 10.6 Å². The summed E-state index contributed by atoms with van der Waals surface area (Å²) in [7, 11) is 0. The first-order valence-corrected chi connectivity index (χ1v) is 8.97. The van der Waals surface area contributed by atoms with Crippen molar-refractivity contribution in [3.05, 3.63) is 33.6 Å². The van der Waals surface area contributed by atoms with Gasteiger partial charge in [-0.05, 0) is 45.6 Å². The number of thiazole rings is 1. The van der Waals surface area contributed by atoms with Crippen molar-refractivity contribution in [3.8, 4) is 0 Å². The maximum Gasteiger partial charge on any atom is 0.258 e. The zero-order chi connectivity index (χ0) is 16.7. The fraction of sp³-hybridized carbons (Fsp3) is 0.412. The molecule has 1 aliphatic rings. The predicted octanol–water partition coefficient (Wildman–Crippen LogP) is 3.82. The molecule has 3 aromatic heterocycles. The van der Waals surface area contributed by atoms with E-state index in [2.05, 4.69) is 20.4 Å². The van der Waals surface area contributed by atoms with E-state index in [1.54, 1.807) is 17.4 Å². The van der Waals surface area contributed by atoms with Crippen molar-refractivity contribution in [2.75, 3.05) is 5.32 Å². The molecule has 1 amide bonds. The summed E-state index contributed by atoms with van der Waals surface area (Å²) in [6.07, 6.45) is 5.70. The highest BCUT2D eigenvalue weighted by Gasteiger charge is 2.20. The number of carbonyl (C=O) groups excluding carboxylic acids is 1. The molecule has 0 radical (unpaired) electrons. The van der Waals surface area contributed by atoms with Crippen LogP contribution in [0.4, 0.5) is 5.13 Å². The Kier molecular flexibility index (Phi) is 3.80. The lowest BCUT2D eigenvalue weighted by molar-refractivity contribution is 0.102. The Labute approximate surface area is 143 Å². The van der Waals surface area contributed by atoms with Gasteiger partial charge in [0.2, 0.25) is 0 Å². The first-order valence-electron chi connectivity index (χ1n) is 8.15. The number of aryl methyl sites for hydroxylation is 4. The van der Waals surface area contributed by atoms with Gasteiger partial charge in [-0.2, -0.15) is 0 Å². The standard InChI is InChI=1S/C17H18N4O2S/c1-9-8-11(14-10(2)21-23-16(14)18-9)15(22)20-17-19-12-6-4-3-5-7-13(12)24-17/h8H,3-7H2,1-2H3,(H,19,20,22). The van der Waals surface area contributed by atoms with Crippen LogP contribution in [-0.4, -0.2) is 21.0 Å². The lowest BCUT2D eigenvalue weighted by atomic mass is 10.1. The molecule has 4 rings (SSSR count). The van der Waals surface area contributed by atoms with Gasteiger partial charge in [-0.25, -0.2) is 9.97 Å². The number of hydrogen-bond donors (Lipinski definition) is 1. The minimum absolute atomic E-state index is 0.194. The third-order valence-electron chi connectivity index (χ3n) is 4.31. The van der Waals surface area contributed by atoms with Gasteiger partial charge in [-0.3, -0.25) is 10.1 Å². The van der Waals surface area contributed by atoms with Crippen LogP contribution >= 0.6 is 11.3 Å². The molecule has 0 aliphatic heterocycles. The average Bonchev–Trinajstić information content (AvgIpc) is 3.03. The van der Waals surface area contributed by atoms with Gasteiger partial charge in [0.05, 0.1) is 22.3 Å². The van der Waals surface area contributed by atoms with Gasteiger partial charge in [-0.1, -0.05) is 11.6 Å². The number of fused-ring (bicyclic) bond motifs is 2. The second kappa shape index (κ2) is 5.98. The highest BCUT2D eigenvalue weighted by Crippen LogP contribution is 2.30. The molecule has 0 atom stereocenters. The van der Waals surface area contributed by atoms with Crippen LogP contribution in [0.5, 0.6) is 0 Å². The number of aromatic nitrogens is 3. The van der Waals surface area contributed by atoms with Gasteiger partial charge in [-0.15, -0.1) is 11.3 Å². The molecule has 124 valence electrons. The first-order chi connectivity index (χ1) is 11.6. The van der Waals surface area contributed by atoms with Gasteiger partial charge in [0.1, 0.15) is 0 Å². The van der Waals surface area contributed by atoms with E-state index in [1.807, 2.05) is 13.8 Å². The molecular formula is C17H18N4O2S. The van der Waals surface area contributed by atoms with Crippen molar-refractivity contribution in [2.45, 2.75) is 46.0 Å². The lowest BCUT2D eigenvalue weighted by Crippen LogP contribution is -2.13. The maximum absolute atomic E-state index is 12.8. The minimum atomic E-state index is -0.194. The summed E-state index contributed by atoms with van der Waals surface area (Å²) in [6, 6.07) is 1.76. The van der Waals surface area contributed by atoms with E-state index in [0.717, 1.165) is 24.2 Å². The Balaban J connectivity index is 1.66. The van der Waals surface area contributed by atoms with Crippen LogP contribution in [0, 0.1) is 13.8 Å². The number of carbonyl (C=O) groups is 1. The second-order valence-electron chi connectivity index (χ2n) is 6.16. The highest BCUT2D eigenvalue weighted by molar-refractivity contribution is 7.15. The predicted molar refractivity (Wildman–Crippen MR) is 92.6 cm³/mol. The Hall–Kier alpha value is -2.28. The Morgan fingerprint density at radius 1 is 1.21 bits per heavy atom. The number of nitrogens with zero attached hydrogens (tertiary/aromatic N) is 3. The summed E-state index contributed by atoms with van der Waals surface area (Å²) in [6.45, 7) is 3.64. The van der Waals surface area contributed by atoms with Crippen LogP contribution in [0.3, 0.4) is 0 Å². The quantitative estimate of drug-likeness (QED) is 0.716. The third-order valence-corrected chi connectivity index (χ3v) is 5.38. The van der Waals surface area contributed by atoms with Crippen molar-refractivity contribution in [1.82, 2.24) is 15.1 Å². The molecule has 6 nitrogen and oxygen atoms in total. The topological polar surface area (TPSA) is 80.9 Å². The number of anilines is 1. The molecule has 1 aliphatic carbocycles. The summed E-state index contributed by atoms with van der Waals surface area (Å²) >= 11 is 1.59. The SMILES string of the molecule is Cc1cc(C(=O)Nc2nc3c(s2)CCCCC3)c2c(C)noc2n1. The molecular weight excluding hydrogens is 324 g/mol. The molecule has 0 saturated carbocycles. The number of pyridine rings is 1. The van der Waals surface area contributed by atoms with E-state index < -0.39 is 0 Å². The molecule has 0 bridgehead atoms. The monoisotopic (exact) mass is 342 g/mol. The van der Waals surface area contributed by atoms with E-state index >= 15 is 0 Å². The Morgan fingerprint density at radius 2 is 2.04 bits per heavy atom. The number of rotatable bonds is 2. The van der Waals surface area contributed by atoms with Crippen LogP contribution in [0.25, 0.3) is 11.1 Å². The summed E-state index contributed by atoms with van der Waals surface area (Å²) in [5, 5.41) is 8.20. The molecule has 0 unspecified atom stereocenters. The fourth-order valence-electron chi connectivity index (χ4n) is 3.14. The highest BCUT2D eigenvalue weighted by atomic mass is 32.1. The average molecular weight is 342 g/mol. The molecule has 24 heavy (non-hydrogen) atoms. The lowest BCUT2D eigenvalue weighted by Gasteiger charge is -2.04. The van der Waals surface area contributed by atoms with Gasteiger partial charge >= 0.3 is 0 Å². The fourth-order valence-corrected chi connectivity index (χ4v) is 4.19. The zero-order valence-electron chi connectivity index (χ0n) is 13.7. The summed E-state index contributed by atoms with van der Waals surface area (Å²) in [5.41, 5.74) is 3.45. The summed E-state index contributed by atoms with van der Waals surface area (Å²) < 4.78 is 5.20. The van der Waals surface area contributed by atoms with Crippen LogP contribution < -0.4 is 5.32 Å². The minimum Gasteiger partial charge on any atom is -0.336 e. The Morgan fingerprint density at radius 3 is 2.92 bits per heavy atom. The second-order valence-corrected chi connectivity index (χ2v) is 7.25. The van der Waals surface area contributed by atoms with Gasteiger partial charge in [0, 0.05) is 10.6 Å². The number of hydrogen-bond acceptors (Lipinski definition) is 6. The van der Waals surface area contributed by atoms with Gasteiger partial charge < -0.3 is 4.52 Å². The number of amides is 1. The third kappa shape index (κ3) is 2.69. The molecule has 3 aromatic rings. The van der Waals surface area contributed by atoms with E-state index in [9.17, 15) is 4.79 Å². The van der Waals surface area contributed by atoms with Crippen molar-refractivity contribution < 1.29 is 9.32 Å². The van der Waals surface area contributed by atoms with E-state index in [1.165, 1.54) is 24.1 Å². The van der Waals surface area contributed by atoms with Gasteiger partial charge in [0.25, 0.3) is 11.6 Å². The molecule has 7 heteroatoms. The van der Waals surface area contributed by atoms with E-state index in [0.29, 0.717) is 27.5 Å². The van der Waals surface area contributed by atoms with Crippen molar-refractivity contribution in [1.29, 1.82) is 0 Å². The molecule has 0 fully saturated rings. The summed E-state index contributed by atoms with van der Waals surface area (Å²) in [5.74, 6) is -0.194. The zero-order valence-corrected chi connectivity index (χ0v) is 14.5. The van der Waals surface area contributed by atoms with Crippen LogP contribution in [0.2, 0.25) is 0 Å². The van der Waals surface area contributed by atoms with E-state index in [4.69, 9.17) is 4.52 Å². The molecule has 1 N–H and O–H groups in total. The molecule has 0 saturated heterocycles. The first kappa shape index (κ1) is 15.3. The van der Waals surface area contributed by atoms with Crippen molar-refractivity contribution in [3.63, 3.8) is 0 Å². The number of nitrogens with one attached hydrogen (secondary N) is 1.